The van der Waals surface area contributed by atoms with Crippen LogP contribution in [0.5, 0.6) is 11.5 Å². The first-order valence-corrected chi connectivity index (χ1v) is 8.19. The van der Waals surface area contributed by atoms with E-state index in [-0.39, 0.29) is 12.5 Å². The molecule has 3 N–H and O–H groups in total. The first-order valence-electron chi connectivity index (χ1n) is 8.19. The van der Waals surface area contributed by atoms with Crippen molar-refractivity contribution in [3.8, 4) is 11.5 Å². The molecule has 1 unspecified atom stereocenters. The third-order valence-electron chi connectivity index (χ3n) is 4.80. The number of fused-ring (bicyclic) bond motifs is 1. The number of carbonyl (C=O) groups is 1. The van der Waals surface area contributed by atoms with Crippen molar-refractivity contribution in [2.24, 2.45) is 11.1 Å². The predicted molar refractivity (Wildman–Crippen MR) is 85.9 cm³/mol. The zero-order chi connectivity index (χ0) is 17.1. The standard InChI is InChI=1S/C17H22N2O5/c1-23-15-9-13-10(8-16(15)24-12-4-2-3-5-12)6-11(17(20)19-22)7-14(13)18-21/h8-9,11-12,21-22H,2-7H2,1H3,(H,19,20)/b18-14+. The lowest BCUT2D eigenvalue weighted by atomic mass is 9.82. The molecule has 1 aromatic carbocycles. The van der Waals surface area contributed by atoms with E-state index < -0.39 is 11.8 Å². The topological polar surface area (TPSA) is 100 Å². The maximum absolute atomic E-state index is 11.8. The fourth-order valence-electron chi connectivity index (χ4n) is 3.53. The Morgan fingerprint density at radius 3 is 2.62 bits per heavy atom. The molecule has 130 valence electrons. The number of hydrogen-bond acceptors (Lipinski definition) is 6. The summed E-state index contributed by atoms with van der Waals surface area (Å²) in [5, 5.41) is 21.5. The lowest BCUT2D eigenvalue weighted by Crippen LogP contribution is -2.34. The molecule has 0 saturated heterocycles. The predicted octanol–water partition coefficient (Wildman–Crippen LogP) is 2.26. The Morgan fingerprint density at radius 1 is 1.25 bits per heavy atom. The molecule has 0 bridgehead atoms. The second-order valence-corrected chi connectivity index (χ2v) is 6.31. The van der Waals surface area contributed by atoms with Crippen LogP contribution in [0.2, 0.25) is 0 Å². The molecule has 24 heavy (non-hydrogen) atoms. The molecule has 1 saturated carbocycles. The van der Waals surface area contributed by atoms with Gasteiger partial charge in [0.1, 0.15) is 0 Å². The molecule has 7 nitrogen and oxygen atoms in total. The van der Waals surface area contributed by atoms with Gasteiger partial charge in [0.15, 0.2) is 11.5 Å². The summed E-state index contributed by atoms with van der Waals surface area (Å²) in [4.78, 5) is 11.8. The van der Waals surface area contributed by atoms with E-state index in [1.54, 1.807) is 18.7 Å². The Labute approximate surface area is 140 Å². The monoisotopic (exact) mass is 334 g/mol. The molecule has 7 heteroatoms. The maximum atomic E-state index is 11.8. The summed E-state index contributed by atoms with van der Waals surface area (Å²) in [7, 11) is 1.57. The second-order valence-electron chi connectivity index (χ2n) is 6.31. The number of hydroxylamine groups is 1. The van der Waals surface area contributed by atoms with Gasteiger partial charge < -0.3 is 14.7 Å². The Bertz CT molecular complexity index is 653. The summed E-state index contributed by atoms with van der Waals surface area (Å²) in [6.07, 6.45) is 5.25. The lowest BCUT2D eigenvalue weighted by Gasteiger charge is -2.26. The summed E-state index contributed by atoms with van der Waals surface area (Å²) < 4.78 is 11.5. The normalized spacial score (nSPS) is 22.2. The molecule has 0 radical (unpaired) electrons. The minimum atomic E-state index is -0.490. The molecule has 1 amide bonds. The van der Waals surface area contributed by atoms with Gasteiger partial charge in [0.2, 0.25) is 5.91 Å². The van der Waals surface area contributed by atoms with Crippen LogP contribution in [0.1, 0.15) is 43.2 Å². The molecule has 2 aliphatic carbocycles. The maximum Gasteiger partial charge on any atom is 0.247 e. The van der Waals surface area contributed by atoms with Crippen LogP contribution in [-0.4, -0.2) is 35.2 Å². The van der Waals surface area contributed by atoms with E-state index >= 15 is 0 Å². The van der Waals surface area contributed by atoms with E-state index in [9.17, 15) is 10.0 Å². The zero-order valence-corrected chi connectivity index (χ0v) is 13.6. The number of methoxy groups -OCH3 is 1. The number of nitrogens with zero attached hydrogens (tertiary/aromatic N) is 1. The van der Waals surface area contributed by atoms with Crippen molar-refractivity contribution in [1.82, 2.24) is 5.48 Å². The lowest BCUT2D eigenvalue weighted by molar-refractivity contribution is -0.133. The van der Waals surface area contributed by atoms with E-state index in [1.165, 1.54) is 0 Å². The molecule has 1 fully saturated rings. The molecule has 0 spiro atoms. The molecule has 0 aliphatic heterocycles. The molecular formula is C17H22N2O5. The average Bonchev–Trinajstić information content (AvgIpc) is 3.12. The fraction of sp³-hybridized carbons (Fsp3) is 0.529. The zero-order valence-electron chi connectivity index (χ0n) is 13.6. The molecule has 2 aliphatic rings. The van der Waals surface area contributed by atoms with Gasteiger partial charge >= 0.3 is 0 Å². The van der Waals surface area contributed by atoms with E-state index in [0.717, 1.165) is 36.8 Å². The van der Waals surface area contributed by atoms with Crippen LogP contribution in [-0.2, 0) is 11.2 Å². The van der Waals surface area contributed by atoms with Gasteiger partial charge in [-0.1, -0.05) is 5.16 Å². The molecule has 1 aromatic rings. The van der Waals surface area contributed by atoms with E-state index in [2.05, 4.69) is 5.16 Å². The highest BCUT2D eigenvalue weighted by molar-refractivity contribution is 6.05. The first-order chi connectivity index (χ1) is 11.7. The van der Waals surface area contributed by atoms with Gasteiger partial charge in [-0.15, -0.1) is 0 Å². The van der Waals surface area contributed by atoms with Crippen LogP contribution in [0.3, 0.4) is 0 Å². The van der Waals surface area contributed by atoms with Crippen molar-refractivity contribution in [2.75, 3.05) is 7.11 Å². The van der Waals surface area contributed by atoms with E-state index in [0.29, 0.717) is 23.6 Å². The summed E-state index contributed by atoms with van der Waals surface area (Å²) in [5.41, 5.74) is 3.66. The number of oxime groups is 1. The van der Waals surface area contributed by atoms with E-state index in [1.807, 2.05) is 6.07 Å². The molecular weight excluding hydrogens is 312 g/mol. The smallest absolute Gasteiger partial charge is 0.247 e. The highest BCUT2D eigenvalue weighted by Gasteiger charge is 2.31. The van der Waals surface area contributed by atoms with Crippen LogP contribution in [0.4, 0.5) is 0 Å². The van der Waals surface area contributed by atoms with Crippen molar-refractivity contribution in [3.63, 3.8) is 0 Å². The Morgan fingerprint density at radius 2 is 2.00 bits per heavy atom. The third-order valence-corrected chi connectivity index (χ3v) is 4.80. The van der Waals surface area contributed by atoms with E-state index in [4.69, 9.17) is 14.7 Å². The van der Waals surface area contributed by atoms with Gasteiger partial charge in [0.25, 0.3) is 0 Å². The number of rotatable bonds is 4. The van der Waals surface area contributed by atoms with Crippen LogP contribution in [0.15, 0.2) is 17.3 Å². The molecule has 1 atom stereocenters. The Kier molecular flexibility index (Phi) is 4.89. The number of benzene rings is 1. The van der Waals surface area contributed by atoms with Crippen molar-refractivity contribution in [3.05, 3.63) is 23.3 Å². The number of nitrogens with one attached hydrogen (secondary N) is 1. The summed E-state index contributed by atoms with van der Waals surface area (Å²) in [6.45, 7) is 0. The highest BCUT2D eigenvalue weighted by atomic mass is 16.5. The summed E-state index contributed by atoms with van der Waals surface area (Å²) >= 11 is 0. The number of ether oxygens (including phenoxy) is 2. The molecule has 0 aromatic heterocycles. The minimum absolute atomic E-state index is 0.183. The minimum Gasteiger partial charge on any atom is -0.493 e. The van der Waals surface area contributed by atoms with Gasteiger partial charge in [-0.25, -0.2) is 5.48 Å². The van der Waals surface area contributed by atoms with Crippen molar-refractivity contribution < 1.29 is 24.7 Å². The number of hydrogen-bond donors (Lipinski definition) is 3. The number of carbonyl (C=O) groups excluding carboxylic acids is 1. The van der Waals surface area contributed by atoms with Gasteiger partial charge in [-0.05, 0) is 49.8 Å². The molecule has 3 rings (SSSR count). The summed E-state index contributed by atoms with van der Waals surface area (Å²) in [5.74, 6) is 0.259. The van der Waals surface area contributed by atoms with Crippen molar-refractivity contribution >= 4 is 11.6 Å². The van der Waals surface area contributed by atoms with Crippen LogP contribution in [0.25, 0.3) is 0 Å². The SMILES string of the molecule is COc1cc2c(cc1OC1CCCC1)CC(C(=O)NO)C/C2=N\O. The fourth-order valence-corrected chi connectivity index (χ4v) is 3.53. The van der Waals surface area contributed by atoms with Crippen molar-refractivity contribution in [1.29, 1.82) is 0 Å². The largest absolute Gasteiger partial charge is 0.493 e. The number of amides is 1. The third kappa shape index (κ3) is 3.17. The summed E-state index contributed by atoms with van der Waals surface area (Å²) in [6, 6.07) is 3.65. The van der Waals surface area contributed by atoms with Gasteiger partial charge in [0.05, 0.1) is 18.9 Å². The second kappa shape index (κ2) is 7.09. The molecule has 0 heterocycles. The average molecular weight is 334 g/mol. The van der Waals surface area contributed by atoms with Gasteiger partial charge in [-0.2, -0.15) is 0 Å². The van der Waals surface area contributed by atoms with Gasteiger partial charge in [-0.3, -0.25) is 10.0 Å². The van der Waals surface area contributed by atoms with Crippen molar-refractivity contribution in [2.45, 2.75) is 44.6 Å². The Hall–Kier alpha value is -2.28. The highest BCUT2D eigenvalue weighted by Crippen LogP contribution is 2.38. The van der Waals surface area contributed by atoms with Crippen LogP contribution < -0.4 is 15.0 Å². The van der Waals surface area contributed by atoms with Gasteiger partial charge in [0, 0.05) is 17.9 Å². The first kappa shape index (κ1) is 16.6. The quantitative estimate of drug-likeness (QED) is 0.445. The van der Waals surface area contributed by atoms with Crippen LogP contribution in [0, 0.1) is 5.92 Å². The van der Waals surface area contributed by atoms with Crippen LogP contribution >= 0.6 is 0 Å². The Balaban J connectivity index is 1.95.